The van der Waals surface area contributed by atoms with Crippen LogP contribution in [0.2, 0.25) is 0 Å². The molecule has 0 aromatic heterocycles. The molecule has 1 N–H and O–H groups in total. The number of fused-ring (bicyclic) bond motifs is 1. The van der Waals surface area contributed by atoms with Crippen LogP contribution in [0.5, 0.6) is 5.75 Å². The number of ether oxygens (including phenoxy) is 1. The SMILES string of the molecule is CC1CCN(C(=O)COC(=O)c2ccccc2O)c2ccccc2S1. The van der Waals surface area contributed by atoms with Crippen LogP contribution in [0.4, 0.5) is 5.69 Å². The maximum atomic E-state index is 12.6. The largest absolute Gasteiger partial charge is 0.507 e. The number of phenols is 1. The van der Waals surface area contributed by atoms with Crippen LogP contribution in [0, 0.1) is 0 Å². The van der Waals surface area contributed by atoms with E-state index in [4.69, 9.17) is 4.74 Å². The molecule has 0 bridgehead atoms. The van der Waals surface area contributed by atoms with Crippen molar-refractivity contribution in [2.45, 2.75) is 23.5 Å². The Morgan fingerprint density at radius 1 is 1.20 bits per heavy atom. The van der Waals surface area contributed by atoms with E-state index in [1.807, 2.05) is 24.3 Å². The van der Waals surface area contributed by atoms with Crippen LogP contribution in [-0.4, -0.2) is 35.4 Å². The monoisotopic (exact) mass is 357 g/mol. The third-order valence-corrected chi connectivity index (χ3v) is 5.23. The molecule has 0 radical (unpaired) electrons. The van der Waals surface area contributed by atoms with E-state index in [9.17, 15) is 14.7 Å². The van der Waals surface area contributed by atoms with Gasteiger partial charge < -0.3 is 14.7 Å². The maximum absolute atomic E-state index is 12.6. The summed E-state index contributed by atoms with van der Waals surface area (Å²) < 4.78 is 5.11. The highest BCUT2D eigenvalue weighted by Gasteiger charge is 2.25. The standard InChI is InChI=1S/C19H19NO4S/c1-13-10-11-20(15-7-3-5-9-17(15)25-13)18(22)12-24-19(23)14-6-2-4-8-16(14)21/h2-9,13,21H,10-12H2,1H3. The molecular weight excluding hydrogens is 338 g/mol. The second kappa shape index (κ2) is 7.61. The zero-order valence-electron chi connectivity index (χ0n) is 13.8. The Bertz CT molecular complexity index is 792. The van der Waals surface area contributed by atoms with Gasteiger partial charge in [0.15, 0.2) is 6.61 Å². The molecule has 1 unspecified atom stereocenters. The van der Waals surface area contributed by atoms with Crippen LogP contribution < -0.4 is 4.90 Å². The second-order valence-corrected chi connectivity index (χ2v) is 7.30. The summed E-state index contributed by atoms with van der Waals surface area (Å²) in [5.74, 6) is -1.14. The number of benzene rings is 2. The van der Waals surface area contributed by atoms with Gasteiger partial charge in [-0.1, -0.05) is 31.2 Å². The molecular formula is C19H19NO4S. The number of aromatic hydroxyl groups is 1. The summed E-state index contributed by atoms with van der Waals surface area (Å²) in [4.78, 5) is 27.4. The molecule has 6 heteroatoms. The Labute approximate surface area is 150 Å². The van der Waals surface area contributed by atoms with Gasteiger partial charge in [-0.3, -0.25) is 4.79 Å². The third-order valence-electron chi connectivity index (χ3n) is 4.00. The highest BCUT2D eigenvalue weighted by Crippen LogP contribution is 2.37. The molecule has 0 aliphatic carbocycles. The average Bonchev–Trinajstić information content (AvgIpc) is 2.78. The van der Waals surface area contributed by atoms with Crippen LogP contribution in [0.3, 0.4) is 0 Å². The normalized spacial score (nSPS) is 16.7. The smallest absolute Gasteiger partial charge is 0.342 e. The number of phenolic OH excluding ortho intramolecular Hbond substituents is 1. The first-order valence-corrected chi connectivity index (χ1v) is 8.95. The maximum Gasteiger partial charge on any atom is 0.342 e. The van der Waals surface area contributed by atoms with Crippen molar-refractivity contribution in [1.29, 1.82) is 0 Å². The molecule has 1 amide bonds. The van der Waals surface area contributed by atoms with Crippen molar-refractivity contribution in [2.75, 3.05) is 18.1 Å². The van der Waals surface area contributed by atoms with Crippen LogP contribution in [0.1, 0.15) is 23.7 Å². The fourth-order valence-corrected chi connectivity index (χ4v) is 3.79. The fourth-order valence-electron chi connectivity index (χ4n) is 2.68. The molecule has 2 aromatic carbocycles. The minimum atomic E-state index is -0.711. The quantitative estimate of drug-likeness (QED) is 0.852. The molecule has 130 valence electrons. The van der Waals surface area contributed by atoms with Gasteiger partial charge in [0, 0.05) is 16.7 Å². The van der Waals surface area contributed by atoms with E-state index in [0.29, 0.717) is 11.8 Å². The van der Waals surface area contributed by atoms with Gasteiger partial charge in [0.05, 0.1) is 5.69 Å². The van der Waals surface area contributed by atoms with Gasteiger partial charge in [-0.05, 0) is 30.7 Å². The highest BCUT2D eigenvalue weighted by atomic mass is 32.2. The van der Waals surface area contributed by atoms with E-state index in [-0.39, 0.29) is 23.8 Å². The molecule has 5 nitrogen and oxygen atoms in total. The molecule has 0 saturated carbocycles. The van der Waals surface area contributed by atoms with E-state index < -0.39 is 5.97 Å². The van der Waals surface area contributed by atoms with Crippen molar-refractivity contribution in [1.82, 2.24) is 0 Å². The molecule has 1 aliphatic heterocycles. The van der Waals surface area contributed by atoms with Gasteiger partial charge in [-0.15, -0.1) is 11.8 Å². The van der Waals surface area contributed by atoms with Crippen LogP contribution in [0.15, 0.2) is 53.4 Å². The molecule has 25 heavy (non-hydrogen) atoms. The number of carbonyl (C=O) groups is 2. The number of esters is 1. The van der Waals surface area contributed by atoms with Crippen molar-refractivity contribution in [2.24, 2.45) is 0 Å². The molecule has 0 fully saturated rings. The van der Waals surface area contributed by atoms with Crippen molar-refractivity contribution >= 4 is 29.3 Å². The Morgan fingerprint density at radius 3 is 2.72 bits per heavy atom. The Balaban J connectivity index is 1.71. The summed E-state index contributed by atoms with van der Waals surface area (Å²) in [6.07, 6.45) is 0.860. The number of hydrogen-bond acceptors (Lipinski definition) is 5. The minimum absolute atomic E-state index is 0.0516. The summed E-state index contributed by atoms with van der Waals surface area (Å²) in [5.41, 5.74) is 0.899. The molecule has 0 saturated heterocycles. The number of anilines is 1. The lowest BCUT2D eigenvalue weighted by molar-refractivity contribution is -0.121. The van der Waals surface area contributed by atoms with Crippen molar-refractivity contribution in [3.05, 3.63) is 54.1 Å². The van der Waals surface area contributed by atoms with Crippen molar-refractivity contribution in [3.63, 3.8) is 0 Å². The first-order chi connectivity index (χ1) is 12.1. The lowest BCUT2D eigenvalue weighted by Crippen LogP contribution is -2.35. The Hall–Kier alpha value is -2.47. The van der Waals surface area contributed by atoms with E-state index in [2.05, 4.69) is 6.92 Å². The van der Waals surface area contributed by atoms with Gasteiger partial charge in [-0.2, -0.15) is 0 Å². The molecule has 1 aliphatic rings. The topological polar surface area (TPSA) is 66.8 Å². The lowest BCUT2D eigenvalue weighted by atomic mass is 10.2. The predicted octanol–water partition coefficient (Wildman–Crippen LogP) is 3.47. The summed E-state index contributed by atoms with van der Waals surface area (Å²) in [6, 6.07) is 13.9. The second-order valence-electron chi connectivity index (χ2n) is 5.82. The first kappa shape index (κ1) is 17.4. The molecule has 1 atom stereocenters. The summed E-state index contributed by atoms with van der Waals surface area (Å²) in [5, 5.41) is 10.1. The number of thioether (sulfide) groups is 1. The summed E-state index contributed by atoms with van der Waals surface area (Å²) in [6.45, 7) is 2.35. The fraction of sp³-hybridized carbons (Fsp3) is 0.263. The van der Waals surface area contributed by atoms with E-state index in [1.54, 1.807) is 28.8 Å². The number of amides is 1. The van der Waals surface area contributed by atoms with Crippen LogP contribution in [0.25, 0.3) is 0 Å². The van der Waals surface area contributed by atoms with Gasteiger partial charge in [-0.25, -0.2) is 4.79 Å². The van der Waals surface area contributed by atoms with E-state index >= 15 is 0 Å². The highest BCUT2D eigenvalue weighted by molar-refractivity contribution is 8.00. The predicted molar refractivity (Wildman–Crippen MR) is 97.1 cm³/mol. The molecule has 3 rings (SSSR count). The van der Waals surface area contributed by atoms with E-state index in [0.717, 1.165) is 17.0 Å². The number of carbonyl (C=O) groups excluding carboxylic acids is 2. The van der Waals surface area contributed by atoms with E-state index in [1.165, 1.54) is 12.1 Å². The zero-order valence-corrected chi connectivity index (χ0v) is 14.7. The molecule has 0 spiro atoms. The van der Waals surface area contributed by atoms with Crippen LogP contribution >= 0.6 is 11.8 Å². The minimum Gasteiger partial charge on any atom is -0.507 e. The Morgan fingerprint density at radius 2 is 1.92 bits per heavy atom. The van der Waals surface area contributed by atoms with Crippen LogP contribution in [-0.2, 0) is 9.53 Å². The number of nitrogens with zero attached hydrogens (tertiary/aromatic N) is 1. The number of hydrogen-bond donors (Lipinski definition) is 1. The average molecular weight is 357 g/mol. The molecule has 1 heterocycles. The Kier molecular flexibility index (Phi) is 5.28. The van der Waals surface area contributed by atoms with Crippen molar-refractivity contribution in [3.8, 4) is 5.75 Å². The third kappa shape index (κ3) is 3.96. The zero-order chi connectivity index (χ0) is 17.8. The summed E-state index contributed by atoms with van der Waals surface area (Å²) in [7, 11) is 0. The van der Waals surface area contributed by atoms with Gasteiger partial charge in [0.25, 0.3) is 5.91 Å². The number of rotatable bonds is 3. The molecule has 2 aromatic rings. The number of para-hydroxylation sites is 2. The van der Waals surface area contributed by atoms with Gasteiger partial charge >= 0.3 is 5.97 Å². The van der Waals surface area contributed by atoms with Gasteiger partial charge in [0.1, 0.15) is 11.3 Å². The first-order valence-electron chi connectivity index (χ1n) is 8.07. The van der Waals surface area contributed by atoms with Crippen molar-refractivity contribution < 1.29 is 19.4 Å². The lowest BCUT2D eigenvalue weighted by Gasteiger charge is -2.22. The summed E-state index contributed by atoms with van der Waals surface area (Å²) >= 11 is 1.74. The van der Waals surface area contributed by atoms with Gasteiger partial charge in [0.2, 0.25) is 0 Å².